The van der Waals surface area contributed by atoms with Crippen LogP contribution in [0.25, 0.3) is 0 Å². The van der Waals surface area contributed by atoms with Crippen molar-refractivity contribution >= 4 is 11.9 Å². The molecule has 5 nitrogen and oxygen atoms in total. The van der Waals surface area contributed by atoms with Crippen LogP contribution in [0.4, 0.5) is 0 Å². The number of ether oxygens (including phenoxy) is 1. The molecule has 16 heavy (non-hydrogen) atoms. The summed E-state index contributed by atoms with van der Waals surface area (Å²) < 4.78 is 5.12. The zero-order valence-electron chi connectivity index (χ0n) is 9.22. The molecule has 0 radical (unpaired) electrons. The molecule has 1 fully saturated rings. The standard InChI is InChI=1S/C11H17NO4/c1-2-3-9(11(14)15)8-10(13)12-4-6-16-7-5-12/h2,9H,1,3-8H2,(H,14,15)/t9-/m1/s1. The van der Waals surface area contributed by atoms with Crippen LogP contribution in [0.5, 0.6) is 0 Å². The molecule has 1 aliphatic heterocycles. The van der Waals surface area contributed by atoms with E-state index in [0.717, 1.165) is 0 Å². The summed E-state index contributed by atoms with van der Waals surface area (Å²) >= 11 is 0. The molecule has 0 aromatic rings. The van der Waals surface area contributed by atoms with Crippen molar-refractivity contribution in [2.75, 3.05) is 26.3 Å². The van der Waals surface area contributed by atoms with Crippen LogP contribution in [0.2, 0.25) is 0 Å². The van der Waals surface area contributed by atoms with E-state index in [-0.39, 0.29) is 12.3 Å². The highest BCUT2D eigenvalue weighted by atomic mass is 16.5. The number of hydrogen-bond donors (Lipinski definition) is 1. The molecular formula is C11H17NO4. The van der Waals surface area contributed by atoms with E-state index in [0.29, 0.717) is 32.7 Å². The zero-order chi connectivity index (χ0) is 12.0. The molecule has 0 aliphatic carbocycles. The summed E-state index contributed by atoms with van der Waals surface area (Å²) in [5.41, 5.74) is 0. The number of amides is 1. The monoisotopic (exact) mass is 227 g/mol. The number of carboxylic acids is 1. The minimum Gasteiger partial charge on any atom is -0.481 e. The molecule has 1 heterocycles. The molecule has 1 aliphatic rings. The van der Waals surface area contributed by atoms with Gasteiger partial charge in [0.05, 0.1) is 19.1 Å². The largest absolute Gasteiger partial charge is 0.481 e. The van der Waals surface area contributed by atoms with Gasteiger partial charge in [0, 0.05) is 19.5 Å². The third-order valence-corrected chi connectivity index (χ3v) is 2.59. The first-order valence-electron chi connectivity index (χ1n) is 5.34. The number of morpholine rings is 1. The van der Waals surface area contributed by atoms with E-state index in [9.17, 15) is 9.59 Å². The van der Waals surface area contributed by atoms with Gasteiger partial charge in [0.2, 0.25) is 5.91 Å². The molecule has 0 unspecified atom stereocenters. The maximum Gasteiger partial charge on any atom is 0.307 e. The molecule has 90 valence electrons. The lowest BCUT2D eigenvalue weighted by molar-refractivity contribution is -0.147. The van der Waals surface area contributed by atoms with Gasteiger partial charge in [-0.05, 0) is 6.42 Å². The van der Waals surface area contributed by atoms with E-state index in [1.54, 1.807) is 4.90 Å². The Kier molecular flexibility index (Phi) is 4.98. The summed E-state index contributed by atoms with van der Waals surface area (Å²) in [5.74, 6) is -1.72. The third kappa shape index (κ3) is 3.66. The molecule has 1 saturated heterocycles. The van der Waals surface area contributed by atoms with Crippen molar-refractivity contribution in [2.45, 2.75) is 12.8 Å². The topological polar surface area (TPSA) is 66.8 Å². The van der Waals surface area contributed by atoms with Crippen molar-refractivity contribution < 1.29 is 19.4 Å². The Hall–Kier alpha value is -1.36. The van der Waals surface area contributed by atoms with E-state index < -0.39 is 11.9 Å². The maximum atomic E-state index is 11.8. The number of hydrogen-bond acceptors (Lipinski definition) is 3. The normalized spacial score (nSPS) is 17.9. The van der Waals surface area contributed by atoms with Crippen LogP contribution in [0, 0.1) is 5.92 Å². The molecule has 0 aromatic heterocycles. The highest BCUT2D eigenvalue weighted by Crippen LogP contribution is 2.12. The van der Waals surface area contributed by atoms with Crippen LogP contribution in [0.3, 0.4) is 0 Å². The van der Waals surface area contributed by atoms with Gasteiger partial charge in [-0.15, -0.1) is 6.58 Å². The van der Waals surface area contributed by atoms with E-state index in [2.05, 4.69) is 6.58 Å². The zero-order valence-corrected chi connectivity index (χ0v) is 9.22. The average Bonchev–Trinajstić information content (AvgIpc) is 2.29. The van der Waals surface area contributed by atoms with Crippen molar-refractivity contribution in [1.29, 1.82) is 0 Å². The van der Waals surface area contributed by atoms with Crippen LogP contribution in [-0.2, 0) is 14.3 Å². The lowest BCUT2D eigenvalue weighted by Crippen LogP contribution is -2.41. The molecule has 0 bridgehead atoms. The Balaban J connectivity index is 2.46. The van der Waals surface area contributed by atoms with Gasteiger partial charge in [0.25, 0.3) is 0 Å². The highest BCUT2D eigenvalue weighted by molar-refractivity contribution is 5.82. The number of aliphatic carboxylic acids is 1. The van der Waals surface area contributed by atoms with Crippen LogP contribution in [0.15, 0.2) is 12.7 Å². The summed E-state index contributed by atoms with van der Waals surface area (Å²) in [4.78, 5) is 24.3. The average molecular weight is 227 g/mol. The summed E-state index contributed by atoms with van der Waals surface area (Å²) in [6.45, 7) is 5.67. The van der Waals surface area contributed by atoms with Gasteiger partial charge >= 0.3 is 5.97 Å². The fraction of sp³-hybridized carbons (Fsp3) is 0.636. The lowest BCUT2D eigenvalue weighted by atomic mass is 10.0. The second-order valence-electron chi connectivity index (χ2n) is 3.76. The summed E-state index contributed by atoms with van der Waals surface area (Å²) in [6, 6.07) is 0. The van der Waals surface area contributed by atoms with Gasteiger partial charge in [-0.1, -0.05) is 6.08 Å². The Morgan fingerprint density at radius 2 is 2.06 bits per heavy atom. The molecule has 1 N–H and O–H groups in total. The minimum atomic E-state index is -0.943. The molecule has 0 aromatic carbocycles. The Labute approximate surface area is 94.7 Å². The smallest absolute Gasteiger partial charge is 0.307 e. The molecule has 1 atom stereocenters. The number of carbonyl (C=O) groups excluding carboxylic acids is 1. The number of nitrogens with zero attached hydrogens (tertiary/aromatic N) is 1. The van der Waals surface area contributed by atoms with Gasteiger partial charge in [-0.3, -0.25) is 9.59 Å². The third-order valence-electron chi connectivity index (χ3n) is 2.59. The minimum absolute atomic E-state index is 0.0430. The fourth-order valence-corrected chi connectivity index (χ4v) is 1.63. The lowest BCUT2D eigenvalue weighted by Gasteiger charge is -2.27. The molecule has 1 rings (SSSR count). The van der Waals surface area contributed by atoms with Gasteiger partial charge < -0.3 is 14.7 Å². The second-order valence-corrected chi connectivity index (χ2v) is 3.76. The van der Waals surface area contributed by atoms with Gasteiger partial charge in [-0.25, -0.2) is 0 Å². The van der Waals surface area contributed by atoms with Crippen molar-refractivity contribution in [3.8, 4) is 0 Å². The first-order valence-corrected chi connectivity index (χ1v) is 5.34. The molecular weight excluding hydrogens is 210 g/mol. The number of carboxylic acid groups (broad SMARTS) is 1. The molecule has 1 amide bonds. The predicted octanol–water partition coefficient (Wildman–Crippen LogP) is 0.512. The van der Waals surface area contributed by atoms with Crippen molar-refractivity contribution in [1.82, 2.24) is 4.90 Å². The van der Waals surface area contributed by atoms with E-state index in [4.69, 9.17) is 9.84 Å². The first-order chi connectivity index (χ1) is 7.65. The molecule has 0 saturated carbocycles. The predicted molar refractivity (Wildman–Crippen MR) is 58.0 cm³/mol. The summed E-state index contributed by atoms with van der Waals surface area (Å²) in [6.07, 6.45) is 1.90. The highest BCUT2D eigenvalue weighted by Gasteiger charge is 2.24. The molecule has 5 heteroatoms. The van der Waals surface area contributed by atoms with E-state index >= 15 is 0 Å². The Morgan fingerprint density at radius 1 is 1.44 bits per heavy atom. The summed E-state index contributed by atoms with van der Waals surface area (Å²) in [7, 11) is 0. The van der Waals surface area contributed by atoms with Crippen LogP contribution < -0.4 is 0 Å². The Bertz CT molecular complexity index is 271. The number of carbonyl (C=O) groups is 2. The van der Waals surface area contributed by atoms with Crippen molar-refractivity contribution in [3.63, 3.8) is 0 Å². The number of allylic oxidation sites excluding steroid dienone is 1. The van der Waals surface area contributed by atoms with Crippen LogP contribution >= 0.6 is 0 Å². The quantitative estimate of drug-likeness (QED) is 0.695. The summed E-state index contributed by atoms with van der Waals surface area (Å²) in [5, 5.41) is 8.91. The second kappa shape index (κ2) is 6.27. The van der Waals surface area contributed by atoms with Crippen molar-refractivity contribution in [2.24, 2.45) is 5.92 Å². The van der Waals surface area contributed by atoms with E-state index in [1.807, 2.05) is 0 Å². The van der Waals surface area contributed by atoms with Crippen LogP contribution in [0.1, 0.15) is 12.8 Å². The van der Waals surface area contributed by atoms with E-state index in [1.165, 1.54) is 6.08 Å². The maximum absolute atomic E-state index is 11.8. The van der Waals surface area contributed by atoms with Crippen LogP contribution in [-0.4, -0.2) is 48.2 Å². The fourth-order valence-electron chi connectivity index (χ4n) is 1.63. The molecule has 0 spiro atoms. The SMILES string of the molecule is C=CC[C@H](CC(=O)N1CCOCC1)C(=O)O. The van der Waals surface area contributed by atoms with Gasteiger partial charge in [0.1, 0.15) is 0 Å². The van der Waals surface area contributed by atoms with Crippen molar-refractivity contribution in [3.05, 3.63) is 12.7 Å². The Morgan fingerprint density at radius 3 is 2.56 bits per heavy atom. The first kappa shape index (κ1) is 12.7. The number of rotatable bonds is 5. The van der Waals surface area contributed by atoms with Gasteiger partial charge in [0.15, 0.2) is 0 Å². The van der Waals surface area contributed by atoms with Gasteiger partial charge in [-0.2, -0.15) is 0 Å².